The number of ketones is 1. The number of benzene rings is 4. The predicted octanol–water partition coefficient (Wildman–Crippen LogP) is 6.52. The summed E-state index contributed by atoms with van der Waals surface area (Å²) in [7, 11) is 0. The normalized spacial score (nSPS) is 17.5. The zero-order chi connectivity index (χ0) is 29.5. The maximum absolute atomic E-state index is 15.3. The summed E-state index contributed by atoms with van der Waals surface area (Å²) in [6.07, 6.45) is 0. The molecular weight excluding hydrogens is 590 g/mol. The first kappa shape index (κ1) is 27.1. The van der Waals surface area contributed by atoms with Crippen LogP contribution in [0.5, 0.6) is 11.5 Å². The molecular formula is C32H22FN3O5S2. The summed E-state index contributed by atoms with van der Waals surface area (Å²) in [5, 5.41) is 22.3. The van der Waals surface area contributed by atoms with Gasteiger partial charge in [-0.05, 0) is 40.6 Å². The van der Waals surface area contributed by atoms with E-state index in [1.807, 2.05) is 24.3 Å². The molecule has 0 aliphatic carbocycles. The molecule has 1 fully saturated rings. The number of carbonyl (C=O) groups is 2. The van der Waals surface area contributed by atoms with Gasteiger partial charge in [-0.3, -0.25) is 14.5 Å². The number of fused-ring (bicyclic) bond motifs is 2. The van der Waals surface area contributed by atoms with Crippen molar-refractivity contribution in [2.45, 2.75) is 16.1 Å². The highest BCUT2D eigenvalue weighted by atomic mass is 32.2. The molecule has 2 aliphatic heterocycles. The summed E-state index contributed by atoms with van der Waals surface area (Å²) in [4.78, 5) is 28.1. The molecule has 3 heterocycles. The Bertz CT molecular complexity index is 1940. The van der Waals surface area contributed by atoms with E-state index < -0.39 is 29.3 Å². The summed E-state index contributed by atoms with van der Waals surface area (Å²) in [6.45, 7) is 0.718. The van der Waals surface area contributed by atoms with Crippen LogP contribution in [0.4, 0.5) is 9.52 Å². The molecule has 0 spiro atoms. The summed E-state index contributed by atoms with van der Waals surface area (Å²) >= 11 is 2.57. The Hall–Kier alpha value is -4.74. The fraction of sp³-hybridized carbons (Fsp3) is 0.125. The Balaban J connectivity index is 1.26. The van der Waals surface area contributed by atoms with Crippen molar-refractivity contribution in [1.82, 2.24) is 10.2 Å². The lowest BCUT2D eigenvalue weighted by Gasteiger charge is -2.23. The van der Waals surface area contributed by atoms with Gasteiger partial charge in [-0.25, -0.2) is 4.39 Å². The summed E-state index contributed by atoms with van der Waals surface area (Å²) in [6, 6.07) is 23.5. The molecule has 11 heteroatoms. The van der Waals surface area contributed by atoms with Gasteiger partial charge >= 0.3 is 5.91 Å². The Morgan fingerprint density at radius 2 is 1.72 bits per heavy atom. The van der Waals surface area contributed by atoms with Crippen molar-refractivity contribution in [3.05, 3.63) is 113 Å². The minimum absolute atomic E-state index is 0.0425. The molecule has 0 saturated carbocycles. The molecule has 5 aromatic rings. The Labute approximate surface area is 253 Å². The summed E-state index contributed by atoms with van der Waals surface area (Å²) < 4.78 is 27.0. The van der Waals surface area contributed by atoms with Gasteiger partial charge in [0.25, 0.3) is 5.78 Å². The third kappa shape index (κ3) is 4.90. The van der Waals surface area contributed by atoms with E-state index in [0.29, 0.717) is 34.8 Å². The molecule has 1 N–H and O–H groups in total. The van der Waals surface area contributed by atoms with E-state index >= 15 is 4.39 Å². The van der Waals surface area contributed by atoms with Crippen molar-refractivity contribution in [2.75, 3.05) is 18.1 Å². The first-order chi connectivity index (χ1) is 21.0. The minimum Gasteiger partial charge on any atom is -0.507 e. The Morgan fingerprint density at radius 1 is 0.953 bits per heavy atom. The molecule has 2 aliphatic rings. The van der Waals surface area contributed by atoms with Crippen LogP contribution in [-0.4, -0.2) is 40.2 Å². The highest BCUT2D eigenvalue weighted by Gasteiger charge is 2.49. The smallest absolute Gasteiger partial charge is 0.301 e. The van der Waals surface area contributed by atoms with Crippen LogP contribution in [0.15, 0.2) is 94.8 Å². The molecule has 0 bridgehead atoms. The van der Waals surface area contributed by atoms with Crippen molar-refractivity contribution in [3.63, 3.8) is 0 Å². The van der Waals surface area contributed by atoms with Gasteiger partial charge in [0.05, 0.1) is 5.57 Å². The number of hydrogen-bond donors (Lipinski definition) is 1. The number of nitrogens with zero attached hydrogens (tertiary/aromatic N) is 3. The van der Waals surface area contributed by atoms with Crippen LogP contribution in [0.3, 0.4) is 0 Å². The van der Waals surface area contributed by atoms with Gasteiger partial charge in [0.15, 0.2) is 15.8 Å². The van der Waals surface area contributed by atoms with Crippen molar-refractivity contribution in [1.29, 1.82) is 0 Å². The van der Waals surface area contributed by atoms with Crippen LogP contribution in [-0.2, 0) is 15.3 Å². The average molecular weight is 612 g/mol. The lowest BCUT2D eigenvalue weighted by atomic mass is 9.95. The number of aliphatic hydroxyl groups is 1. The van der Waals surface area contributed by atoms with Gasteiger partial charge in [0.1, 0.15) is 30.8 Å². The Kier molecular flexibility index (Phi) is 7.04. The first-order valence-electron chi connectivity index (χ1n) is 13.4. The van der Waals surface area contributed by atoms with E-state index in [-0.39, 0.29) is 21.8 Å². The number of hydrogen-bond acceptors (Lipinski definition) is 9. The number of aromatic nitrogens is 2. The summed E-state index contributed by atoms with van der Waals surface area (Å²) in [5.74, 6) is -1.49. The number of thioether (sulfide) groups is 1. The quantitative estimate of drug-likeness (QED) is 0.0762. The van der Waals surface area contributed by atoms with E-state index in [1.54, 1.807) is 18.2 Å². The molecule has 1 saturated heterocycles. The van der Waals surface area contributed by atoms with E-state index in [9.17, 15) is 14.7 Å². The number of carbonyl (C=O) groups excluding carboxylic acids is 2. The SMILES string of the molecule is O=C1C(=O)N(c2nnc(SCc3cccc4ccccc34)s2)[C@@H](c2ccccc2F)/C1=C(\O)c1ccc2c(c1)OCCO2. The second-order valence-corrected chi connectivity index (χ2v) is 12.0. The van der Waals surface area contributed by atoms with Gasteiger partial charge in [0, 0.05) is 16.9 Å². The van der Waals surface area contributed by atoms with Gasteiger partial charge in [-0.2, -0.15) is 0 Å². The molecule has 0 unspecified atom stereocenters. The van der Waals surface area contributed by atoms with Gasteiger partial charge < -0.3 is 14.6 Å². The maximum atomic E-state index is 15.3. The highest BCUT2D eigenvalue weighted by Crippen LogP contribution is 2.45. The molecule has 0 radical (unpaired) electrons. The topological polar surface area (TPSA) is 102 Å². The van der Waals surface area contributed by atoms with Crippen molar-refractivity contribution in [2.24, 2.45) is 0 Å². The number of ether oxygens (including phenoxy) is 2. The average Bonchev–Trinajstić information content (AvgIpc) is 3.61. The molecule has 8 nitrogen and oxygen atoms in total. The van der Waals surface area contributed by atoms with E-state index in [0.717, 1.165) is 32.6 Å². The van der Waals surface area contributed by atoms with E-state index in [4.69, 9.17) is 9.47 Å². The van der Waals surface area contributed by atoms with Crippen molar-refractivity contribution >= 4 is 56.5 Å². The molecule has 7 rings (SSSR count). The zero-order valence-electron chi connectivity index (χ0n) is 22.4. The van der Waals surface area contributed by atoms with Gasteiger partial charge in [0.2, 0.25) is 5.13 Å². The van der Waals surface area contributed by atoms with Gasteiger partial charge in [-0.15, -0.1) is 10.2 Å². The van der Waals surface area contributed by atoms with Crippen LogP contribution in [0, 0.1) is 5.82 Å². The number of Topliss-reactive ketones (excluding diaryl/α,β-unsaturated/α-hetero) is 1. The number of halogens is 1. The number of rotatable bonds is 6. The van der Waals surface area contributed by atoms with Crippen LogP contribution < -0.4 is 14.4 Å². The Morgan fingerprint density at radius 3 is 2.58 bits per heavy atom. The standard InChI is InChI=1S/C32H22FN3O5S2/c33-23-11-4-3-10-22(23)27-26(28(37)19-12-13-24-25(16-19)41-15-14-40-24)29(38)30(39)36(27)31-34-35-32(43-31)42-17-20-8-5-7-18-6-1-2-9-21(18)20/h1-13,16,27,37H,14-15,17H2/b28-26+/t27-/m0/s1. The number of aliphatic hydroxyl groups excluding tert-OH is 1. The molecule has 1 amide bonds. The van der Waals surface area contributed by atoms with Crippen LogP contribution in [0.25, 0.3) is 16.5 Å². The third-order valence-corrected chi connectivity index (χ3v) is 9.40. The van der Waals surface area contributed by atoms with Gasteiger partial charge in [-0.1, -0.05) is 83.8 Å². The second kappa shape index (κ2) is 11.2. The summed E-state index contributed by atoms with van der Waals surface area (Å²) in [5.41, 5.74) is 1.13. The van der Waals surface area contributed by atoms with E-state index in [2.05, 4.69) is 28.4 Å². The largest absolute Gasteiger partial charge is 0.507 e. The fourth-order valence-electron chi connectivity index (χ4n) is 5.28. The second-order valence-electron chi connectivity index (χ2n) is 9.83. The van der Waals surface area contributed by atoms with Crippen molar-refractivity contribution < 1.29 is 28.6 Å². The molecule has 43 heavy (non-hydrogen) atoms. The monoisotopic (exact) mass is 611 g/mol. The highest BCUT2D eigenvalue weighted by molar-refractivity contribution is 8.00. The first-order valence-corrected chi connectivity index (χ1v) is 15.2. The van der Waals surface area contributed by atoms with E-state index in [1.165, 1.54) is 36.0 Å². The number of anilines is 1. The van der Waals surface area contributed by atoms with Crippen molar-refractivity contribution in [3.8, 4) is 11.5 Å². The lowest BCUT2D eigenvalue weighted by Crippen LogP contribution is -2.29. The maximum Gasteiger partial charge on any atom is 0.301 e. The third-order valence-electron chi connectivity index (χ3n) is 7.29. The minimum atomic E-state index is -1.27. The molecule has 4 aromatic carbocycles. The van der Waals surface area contributed by atoms with Crippen LogP contribution in [0.1, 0.15) is 22.7 Å². The molecule has 1 aromatic heterocycles. The molecule has 1 atom stereocenters. The predicted molar refractivity (Wildman–Crippen MR) is 162 cm³/mol. The fourth-order valence-corrected chi connectivity index (χ4v) is 7.15. The lowest BCUT2D eigenvalue weighted by molar-refractivity contribution is -0.132. The molecule has 214 valence electrons. The zero-order valence-corrected chi connectivity index (χ0v) is 24.0. The number of amides is 1. The van der Waals surface area contributed by atoms with Crippen LogP contribution >= 0.6 is 23.1 Å². The van der Waals surface area contributed by atoms with Crippen LogP contribution in [0.2, 0.25) is 0 Å².